The van der Waals surface area contributed by atoms with Gasteiger partial charge in [0.05, 0.1) is 38.1 Å². The topological polar surface area (TPSA) is 191 Å². The molecule has 0 aliphatic carbocycles. The van der Waals surface area contributed by atoms with Crippen molar-refractivity contribution in [3.05, 3.63) is 66.9 Å². The Labute approximate surface area is 384 Å². The molecule has 2 aliphatic heterocycles. The summed E-state index contributed by atoms with van der Waals surface area (Å²) in [5.41, 5.74) is 2.12. The highest BCUT2D eigenvalue weighted by atomic mass is 28.4. The number of halogens is 2. The molecule has 6 heterocycles. The summed E-state index contributed by atoms with van der Waals surface area (Å²) in [5.74, 6) is 5.97. The van der Waals surface area contributed by atoms with Crippen molar-refractivity contribution in [1.29, 1.82) is 0 Å². The number of aromatic nitrogens is 8. The Morgan fingerprint density at radius 2 is 1.41 bits per heavy atom. The number of aliphatic hydroxyl groups excluding tert-OH is 1. The minimum absolute atomic E-state index is 0.0476. The van der Waals surface area contributed by atoms with Gasteiger partial charge in [-0.25, -0.2) is 38.7 Å². The fourth-order valence-corrected chi connectivity index (χ4v) is 9.71. The zero-order valence-electron chi connectivity index (χ0n) is 39.0. The van der Waals surface area contributed by atoms with Crippen molar-refractivity contribution in [3.8, 4) is 11.8 Å². The second kappa shape index (κ2) is 19.3. The Morgan fingerprint density at radius 3 is 2.03 bits per heavy atom. The first kappa shape index (κ1) is 48.8. The molecule has 2 unspecified atom stereocenters. The van der Waals surface area contributed by atoms with E-state index in [1.54, 1.807) is 30.3 Å². The maximum absolute atomic E-state index is 16.4. The molecule has 354 valence electrons. The third-order valence-corrected chi connectivity index (χ3v) is 22.2. The fraction of sp³-hybridized carbons (Fsp3) is 0.556. The quantitative estimate of drug-likeness (QED) is 0.0665. The summed E-state index contributed by atoms with van der Waals surface area (Å²) in [5, 5.41) is 9.92. The average molecular weight is 948 g/mol. The molecule has 0 saturated carbocycles. The van der Waals surface area contributed by atoms with Crippen LogP contribution in [0.5, 0.6) is 0 Å². The van der Waals surface area contributed by atoms with Gasteiger partial charge in [-0.1, -0.05) is 65.7 Å². The van der Waals surface area contributed by atoms with E-state index < -0.39 is 78.4 Å². The van der Waals surface area contributed by atoms with E-state index in [-0.39, 0.29) is 46.7 Å². The summed E-state index contributed by atoms with van der Waals surface area (Å²) >= 11 is 0. The van der Waals surface area contributed by atoms with Gasteiger partial charge in [0.1, 0.15) is 36.5 Å². The zero-order valence-corrected chi connectivity index (χ0v) is 41.0. The molecule has 2 aliphatic rings. The number of aliphatic hydroxyl groups is 1. The lowest BCUT2D eigenvalue weighted by Gasteiger charge is -2.39. The number of hydrogen-bond donors (Lipinski definition) is 1. The van der Waals surface area contributed by atoms with Crippen molar-refractivity contribution in [2.45, 2.75) is 140 Å². The molecule has 1 aromatic carbocycles. The molecule has 8 atom stereocenters. The maximum Gasteiger partial charge on any atom is 0.293 e. The molecule has 1 N–H and O–H groups in total. The maximum atomic E-state index is 16.4. The van der Waals surface area contributed by atoms with Gasteiger partial charge in [-0.05, 0) is 48.4 Å². The summed E-state index contributed by atoms with van der Waals surface area (Å²) in [6, 6.07) is 8.65. The van der Waals surface area contributed by atoms with Crippen LogP contribution >= 0.6 is 0 Å². The lowest BCUT2D eigenvalue weighted by Crippen LogP contribution is -2.49. The normalized spacial score (nSPS) is 23.8. The first-order valence-corrected chi connectivity index (χ1v) is 27.8. The van der Waals surface area contributed by atoms with Gasteiger partial charge < -0.3 is 28.2 Å². The molecule has 0 spiro atoms. The van der Waals surface area contributed by atoms with Gasteiger partial charge in [-0.2, -0.15) is 0 Å². The first-order chi connectivity index (χ1) is 31.2. The van der Waals surface area contributed by atoms with Crippen molar-refractivity contribution >= 4 is 57.2 Å². The lowest BCUT2D eigenvalue weighted by atomic mass is 10.1. The highest BCUT2D eigenvalue weighted by Gasteiger charge is 2.52. The number of aryl methyl sites for hydroxylation is 1. The molecular weight excluding hydrogens is 889 g/mol. The number of carbonyl (C=O) groups is 2. The number of carbonyl (C=O) groups excluding carboxylic acids is 2. The van der Waals surface area contributed by atoms with Crippen molar-refractivity contribution in [3.63, 3.8) is 0 Å². The van der Waals surface area contributed by atoms with E-state index in [0.717, 1.165) is 0 Å². The van der Waals surface area contributed by atoms with Gasteiger partial charge in [-0.3, -0.25) is 23.6 Å². The molecular formula is C45H59F2N9O8Si2. The molecule has 0 radical (unpaired) electrons. The van der Waals surface area contributed by atoms with Crippen LogP contribution in [0, 0.1) is 11.8 Å². The molecule has 1 amide bonds. The van der Waals surface area contributed by atoms with Gasteiger partial charge in [0, 0.05) is 18.4 Å². The standard InChI is InChI=1S/C45H59F2N9O8Si2/c1-44(2,3)65(7,8)61-22-31-36(60-27-58)32(46)42(63-31)55-25-52-34-29(48-23-49-38(34)55)19-15-12-16-20-54(41(59)28-17-13-11-14-18-28)39-35-40(51-24-50-39)56(26-53-35)43-33(47)37(30(21-57)62-43)64-66(9,10)45(4,5)6/h11,13-14,17-18,23-27,30-33,36-37,42-43,57H,15,19-22H2,1-10H3/t30-,31-,32-,33-,36-,37-,42?,43?/m1/s1. The Balaban J connectivity index is 1.09. The van der Waals surface area contributed by atoms with E-state index in [9.17, 15) is 14.7 Å². The zero-order chi connectivity index (χ0) is 47.8. The van der Waals surface area contributed by atoms with Crippen LogP contribution in [0.3, 0.4) is 0 Å². The second-order valence-electron chi connectivity index (χ2n) is 19.6. The Hall–Kier alpha value is -5.09. The molecule has 17 nitrogen and oxygen atoms in total. The number of nitrogens with zero attached hydrogens (tertiary/aromatic N) is 9. The van der Waals surface area contributed by atoms with E-state index in [1.165, 1.54) is 39.3 Å². The fourth-order valence-electron chi connectivity index (χ4n) is 7.39. The van der Waals surface area contributed by atoms with Crippen LogP contribution in [0.1, 0.15) is 76.5 Å². The van der Waals surface area contributed by atoms with Crippen molar-refractivity contribution in [2.24, 2.45) is 0 Å². The number of fused-ring (bicyclic) bond motifs is 2. The van der Waals surface area contributed by atoms with E-state index >= 15 is 8.78 Å². The number of benzene rings is 1. The van der Waals surface area contributed by atoms with Crippen molar-refractivity contribution in [2.75, 3.05) is 24.7 Å². The Kier molecular flexibility index (Phi) is 14.2. The molecule has 4 aromatic heterocycles. The van der Waals surface area contributed by atoms with Gasteiger partial charge in [0.25, 0.3) is 12.4 Å². The number of amides is 1. The molecule has 21 heteroatoms. The van der Waals surface area contributed by atoms with Crippen molar-refractivity contribution in [1.82, 2.24) is 39.0 Å². The summed E-state index contributed by atoms with van der Waals surface area (Å²) < 4.78 is 65.5. The highest BCUT2D eigenvalue weighted by molar-refractivity contribution is 6.74. The molecule has 7 rings (SSSR count). The van der Waals surface area contributed by atoms with Crippen LogP contribution in [0.25, 0.3) is 22.3 Å². The predicted octanol–water partition coefficient (Wildman–Crippen LogP) is 6.67. The average Bonchev–Trinajstić information content (AvgIpc) is 4.04. The number of anilines is 1. The number of rotatable bonds is 15. The molecule has 5 aromatic rings. The lowest BCUT2D eigenvalue weighted by molar-refractivity contribution is -0.139. The monoisotopic (exact) mass is 947 g/mol. The van der Waals surface area contributed by atoms with Gasteiger partial charge >= 0.3 is 0 Å². The number of imidazole rings is 2. The third kappa shape index (κ3) is 9.67. The molecule has 2 saturated heterocycles. The van der Waals surface area contributed by atoms with Crippen LogP contribution in [0.4, 0.5) is 14.6 Å². The van der Waals surface area contributed by atoms with E-state index in [2.05, 4.69) is 96.4 Å². The van der Waals surface area contributed by atoms with E-state index in [4.69, 9.17) is 23.1 Å². The van der Waals surface area contributed by atoms with Gasteiger partial charge in [0.15, 0.2) is 70.2 Å². The number of alkyl halides is 2. The van der Waals surface area contributed by atoms with Crippen LogP contribution < -0.4 is 4.90 Å². The Morgan fingerprint density at radius 1 is 0.818 bits per heavy atom. The van der Waals surface area contributed by atoms with E-state index in [1.807, 2.05) is 13.1 Å². The van der Waals surface area contributed by atoms with Crippen molar-refractivity contribution < 1.29 is 46.5 Å². The smallest absolute Gasteiger partial charge is 0.293 e. The van der Waals surface area contributed by atoms with Crippen LogP contribution in [-0.2, 0) is 34.3 Å². The Bertz CT molecular complexity index is 2580. The minimum Gasteiger partial charge on any atom is -0.458 e. The summed E-state index contributed by atoms with van der Waals surface area (Å²) in [7, 11) is -4.70. The summed E-state index contributed by atoms with van der Waals surface area (Å²) in [6.45, 7) is 20.4. The SMILES string of the molecule is CC(C)(C)[Si](C)(C)OC[C@H]1OC(n2cnc3c(CCC#CCN(C(=O)c4ccccc4)c4ncnc5c4ncn5C4O[C@H](CO)[C@@H](O[Si](C)(C)C(C)(C)C)[C@H]4F)ncnc32)[C@H](F)[C@@H]1OC=O. The van der Waals surface area contributed by atoms with Gasteiger partial charge in [-0.15, -0.1) is 5.92 Å². The largest absolute Gasteiger partial charge is 0.458 e. The minimum atomic E-state index is -2.46. The first-order valence-electron chi connectivity index (χ1n) is 22.0. The molecule has 0 bridgehead atoms. The van der Waals surface area contributed by atoms with Crippen LogP contribution in [-0.4, -0.2) is 130 Å². The third-order valence-electron chi connectivity index (χ3n) is 13.3. The highest BCUT2D eigenvalue weighted by Crippen LogP contribution is 2.43. The van der Waals surface area contributed by atoms with Gasteiger partial charge in [0.2, 0.25) is 0 Å². The summed E-state index contributed by atoms with van der Waals surface area (Å²) in [4.78, 5) is 53.8. The second-order valence-corrected chi connectivity index (χ2v) is 29.2. The van der Waals surface area contributed by atoms with Crippen LogP contribution in [0.15, 0.2) is 55.6 Å². The van der Waals surface area contributed by atoms with E-state index in [0.29, 0.717) is 35.3 Å². The molecule has 66 heavy (non-hydrogen) atoms. The number of hydrogen-bond acceptors (Lipinski definition) is 14. The predicted molar refractivity (Wildman–Crippen MR) is 246 cm³/mol. The number of ether oxygens (including phenoxy) is 3. The van der Waals surface area contributed by atoms with Crippen LogP contribution in [0.2, 0.25) is 36.3 Å². The summed E-state index contributed by atoms with van der Waals surface area (Å²) in [6.07, 6.45) is -3.73. The molecule has 2 fully saturated rings.